The molecule has 3 rings (SSSR count). The van der Waals surface area contributed by atoms with E-state index in [1.165, 1.54) is 17.4 Å². The molecule has 1 fully saturated rings. The van der Waals surface area contributed by atoms with Crippen LogP contribution in [0.5, 0.6) is 0 Å². The third-order valence-electron chi connectivity index (χ3n) is 4.21. The first-order chi connectivity index (χ1) is 10.5. The predicted octanol–water partition coefficient (Wildman–Crippen LogP) is 2.69. The Hall–Kier alpha value is -1.95. The molecule has 22 heavy (non-hydrogen) atoms. The fourth-order valence-electron chi connectivity index (χ4n) is 2.99. The normalized spacial score (nSPS) is 18.6. The minimum atomic E-state index is -0.364. The number of benzene rings is 1. The molecule has 0 bridgehead atoms. The first-order valence-corrected chi connectivity index (χ1v) is 8.07. The second-order valence-corrected chi connectivity index (χ2v) is 6.71. The number of hydrogen-bond donors (Lipinski definition) is 1. The Morgan fingerprint density at radius 1 is 1.41 bits per heavy atom. The van der Waals surface area contributed by atoms with Gasteiger partial charge in [0.1, 0.15) is 5.82 Å². The molecule has 1 aliphatic rings. The molecule has 4 nitrogen and oxygen atoms in total. The lowest BCUT2D eigenvalue weighted by atomic mass is 9.97. The highest BCUT2D eigenvalue weighted by Gasteiger charge is 2.29. The SMILES string of the molecule is Cc1c(C(=O)N2CCCC(C(N)=O)C2)sc2cccc(F)c12. The Morgan fingerprint density at radius 2 is 2.18 bits per heavy atom. The monoisotopic (exact) mass is 320 g/mol. The zero-order valence-corrected chi connectivity index (χ0v) is 13.1. The van der Waals surface area contributed by atoms with E-state index in [0.717, 1.165) is 17.5 Å². The molecule has 0 aliphatic carbocycles. The number of nitrogens with zero attached hydrogens (tertiary/aromatic N) is 1. The maximum atomic E-state index is 14.0. The minimum Gasteiger partial charge on any atom is -0.369 e. The maximum absolute atomic E-state index is 14.0. The number of piperidine rings is 1. The molecule has 1 unspecified atom stereocenters. The Kier molecular flexibility index (Phi) is 3.87. The molecule has 6 heteroatoms. The summed E-state index contributed by atoms with van der Waals surface area (Å²) < 4.78 is 14.7. The first-order valence-electron chi connectivity index (χ1n) is 7.25. The molecular weight excluding hydrogens is 303 g/mol. The van der Waals surface area contributed by atoms with Gasteiger partial charge in [0.25, 0.3) is 5.91 Å². The van der Waals surface area contributed by atoms with Crippen molar-refractivity contribution < 1.29 is 14.0 Å². The molecule has 1 aliphatic heterocycles. The highest BCUT2D eigenvalue weighted by atomic mass is 32.1. The van der Waals surface area contributed by atoms with Gasteiger partial charge in [-0.05, 0) is 37.5 Å². The molecule has 1 atom stereocenters. The number of halogens is 1. The van der Waals surface area contributed by atoms with Gasteiger partial charge in [0.05, 0.1) is 10.8 Å². The number of nitrogens with two attached hydrogens (primary N) is 1. The van der Waals surface area contributed by atoms with Gasteiger partial charge in [0, 0.05) is 23.2 Å². The number of thiophene rings is 1. The van der Waals surface area contributed by atoms with Gasteiger partial charge in [-0.2, -0.15) is 0 Å². The van der Waals surface area contributed by atoms with E-state index in [4.69, 9.17) is 5.73 Å². The van der Waals surface area contributed by atoms with Gasteiger partial charge in [0.2, 0.25) is 5.91 Å². The number of aryl methyl sites for hydroxylation is 1. The van der Waals surface area contributed by atoms with Crippen molar-refractivity contribution >= 4 is 33.2 Å². The van der Waals surface area contributed by atoms with Crippen LogP contribution in [-0.4, -0.2) is 29.8 Å². The van der Waals surface area contributed by atoms with Crippen LogP contribution in [-0.2, 0) is 4.79 Å². The van der Waals surface area contributed by atoms with Crippen LogP contribution >= 0.6 is 11.3 Å². The van der Waals surface area contributed by atoms with Crippen molar-refractivity contribution in [1.29, 1.82) is 0 Å². The molecule has 2 aromatic rings. The Morgan fingerprint density at radius 3 is 2.86 bits per heavy atom. The predicted molar refractivity (Wildman–Crippen MR) is 84.3 cm³/mol. The summed E-state index contributed by atoms with van der Waals surface area (Å²) in [6.45, 7) is 2.73. The van der Waals surface area contributed by atoms with Crippen LogP contribution < -0.4 is 5.73 Å². The zero-order valence-electron chi connectivity index (χ0n) is 12.3. The summed E-state index contributed by atoms with van der Waals surface area (Å²) in [5.41, 5.74) is 6.03. The molecule has 0 saturated carbocycles. The zero-order chi connectivity index (χ0) is 15.9. The maximum Gasteiger partial charge on any atom is 0.264 e. The number of carbonyl (C=O) groups is 2. The first kappa shape index (κ1) is 15.0. The number of carbonyl (C=O) groups excluding carboxylic acids is 2. The number of fused-ring (bicyclic) bond motifs is 1. The summed E-state index contributed by atoms with van der Waals surface area (Å²) in [6, 6.07) is 4.86. The van der Waals surface area contributed by atoms with Gasteiger partial charge in [-0.25, -0.2) is 4.39 Å². The number of primary amides is 1. The van der Waals surface area contributed by atoms with Crippen LogP contribution in [0.3, 0.4) is 0 Å². The molecule has 1 aromatic heterocycles. The van der Waals surface area contributed by atoms with Crippen molar-refractivity contribution in [2.24, 2.45) is 11.7 Å². The standard InChI is InChI=1S/C16H17FN2O2S/c1-9-13-11(17)5-2-6-12(13)22-14(9)16(21)19-7-3-4-10(8-19)15(18)20/h2,5-6,10H,3-4,7-8H2,1H3,(H2,18,20). The van der Waals surface area contributed by atoms with Gasteiger partial charge in [-0.1, -0.05) is 6.07 Å². The number of likely N-dealkylation sites (tertiary alicyclic amines) is 1. The molecule has 1 saturated heterocycles. The van der Waals surface area contributed by atoms with E-state index >= 15 is 0 Å². The lowest BCUT2D eigenvalue weighted by Crippen LogP contribution is -2.44. The van der Waals surface area contributed by atoms with E-state index in [-0.39, 0.29) is 23.5 Å². The van der Waals surface area contributed by atoms with Crippen LogP contribution in [0.15, 0.2) is 18.2 Å². The number of rotatable bonds is 2. The molecule has 1 aromatic carbocycles. The van der Waals surface area contributed by atoms with Crippen molar-refractivity contribution in [3.05, 3.63) is 34.5 Å². The summed E-state index contributed by atoms with van der Waals surface area (Å²) in [7, 11) is 0. The van der Waals surface area contributed by atoms with E-state index < -0.39 is 0 Å². The summed E-state index contributed by atoms with van der Waals surface area (Å²) >= 11 is 1.30. The fourth-order valence-corrected chi connectivity index (χ4v) is 4.19. The molecule has 2 amide bonds. The molecule has 116 valence electrons. The van der Waals surface area contributed by atoms with E-state index in [2.05, 4.69) is 0 Å². The third kappa shape index (κ3) is 2.47. The van der Waals surface area contributed by atoms with Crippen molar-refractivity contribution in [2.75, 3.05) is 13.1 Å². The van der Waals surface area contributed by atoms with Gasteiger partial charge in [-0.15, -0.1) is 11.3 Å². The van der Waals surface area contributed by atoms with Crippen LogP contribution in [0.2, 0.25) is 0 Å². The van der Waals surface area contributed by atoms with Gasteiger partial charge < -0.3 is 10.6 Å². The molecular formula is C16H17FN2O2S. The average Bonchev–Trinajstić information content (AvgIpc) is 2.85. The van der Waals surface area contributed by atoms with Gasteiger partial charge in [0.15, 0.2) is 0 Å². The van der Waals surface area contributed by atoms with Crippen molar-refractivity contribution in [3.63, 3.8) is 0 Å². The van der Waals surface area contributed by atoms with Crippen LogP contribution in [0.25, 0.3) is 10.1 Å². The highest BCUT2D eigenvalue weighted by molar-refractivity contribution is 7.21. The van der Waals surface area contributed by atoms with Crippen LogP contribution in [0, 0.1) is 18.7 Å². The molecule has 0 radical (unpaired) electrons. The van der Waals surface area contributed by atoms with Crippen molar-refractivity contribution in [3.8, 4) is 0 Å². The smallest absolute Gasteiger partial charge is 0.264 e. The quantitative estimate of drug-likeness (QED) is 0.924. The largest absolute Gasteiger partial charge is 0.369 e. The lowest BCUT2D eigenvalue weighted by Gasteiger charge is -2.31. The van der Waals surface area contributed by atoms with E-state index in [1.807, 2.05) is 6.07 Å². The highest BCUT2D eigenvalue weighted by Crippen LogP contribution is 2.34. The fraction of sp³-hybridized carbons (Fsp3) is 0.375. The van der Waals surface area contributed by atoms with E-state index in [0.29, 0.717) is 28.9 Å². The number of hydrogen-bond acceptors (Lipinski definition) is 3. The molecule has 0 spiro atoms. The second-order valence-electron chi connectivity index (χ2n) is 5.66. The van der Waals surface area contributed by atoms with Gasteiger partial charge >= 0.3 is 0 Å². The van der Waals surface area contributed by atoms with Crippen LogP contribution in [0.1, 0.15) is 28.1 Å². The Bertz CT molecular complexity index is 756. The topological polar surface area (TPSA) is 63.4 Å². The van der Waals surface area contributed by atoms with Crippen molar-refractivity contribution in [1.82, 2.24) is 4.90 Å². The van der Waals surface area contributed by atoms with Crippen molar-refractivity contribution in [2.45, 2.75) is 19.8 Å². The third-order valence-corrected chi connectivity index (χ3v) is 5.45. The molecule has 2 N–H and O–H groups in total. The summed E-state index contributed by atoms with van der Waals surface area (Å²) in [4.78, 5) is 26.3. The van der Waals surface area contributed by atoms with Crippen LogP contribution in [0.4, 0.5) is 4.39 Å². The summed E-state index contributed by atoms with van der Waals surface area (Å²) in [6.07, 6.45) is 1.48. The lowest BCUT2D eigenvalue weighted by molar-refractivity contribution is -0.123. The summed E-state index contributed by atoms with van der Waals surface area (Å²) in [5, 5.41) is 0.513. The average molecular weight is 320 g/mol. The number of amides is 2. The van der Waals surface area contributed by atoms with E-state index in [1.54, 1.807) is 17.9 Å². The Balaban J connectivity index is 1.94. The van der Waals surface area contributed by atoms with Gasteiger partial charge in [-0.3, -0.25) is 9.59 Å². The Labute approximate surface area is 131 Å². The summed E-state index contributed by atoms with van der Waals surface area (Å²) in [5.74, 6) is -1.09. The molecule has 2 heterocycles. The second kappa shape index (κ2) is 5.68. The minimum absolute atomic E-state index is 0.135. The van der Waals surface area contributed by atoms with E-state index in [9.17, 15) is 14.0 Å².